The maximum Gasteiger partial charge on any atom is 0.187 e. The number of aromatic nitrogens is 2. The van der Waals surface area contributed by atoms with Crippen molar-refractivity contribution in [3.05, 3.63) is 18.0 Å². The molecule has 2 N–H and O–H groups in total. The Hall–Kier alpha value is -0.650. The summed E-state index contributed by atoms with van der Waals surface area (Å²) in [5.74, 6) is 0.857. The molecule has 0 radical (unpaired) electrons. The Labute approximate surface area is 107 Å². The number of hydrogen-bond acceptors (Lipinski definition) is 5. The maximum absolute atomic E-state index is 8.67. The number of aliphatic hydroxyl groups excluding tert-OH is 1. The summed E-state index contributed by atoms with van der Waals surface area (Å²) in [6, 6.07) is 0. The zero-order valence-corrected chi connectivity index (χ0v) is 11.5. The summed E-state index contributed by atoms with van der Waals surface area (Å²) in [6.45, 7) is 7.40. The molecule has 0 saturated carbocycles. The van der Waals surface area contributed by atoms with E-state index in [-0.39, 0.29) is 12.1 Å². The molecule has 0 atom stereocenters. The lowest BCUT2D eigenvalue weighted by atomic mass is 10.1. The maximum atomic E-state index is 8.67. The predicted molar refractivity (Wildman–Crippen MR) is 71.1 cm³/mol. The number of nitrogens with one attached hydrogen (secondary N) is 1. The van der Waals surface area contributed by atoms with Crippen LogP contribution in [0.3, 0.4) is 0 Å². The largest absolute Gasteiger partial charge is 0.396 e. The SMILES string of the molecule is CC(C)(C)NCc1cnc(SCCCO)nc1. The van der Waals surface area contributed by atoms with E-state index in [4.69, 9.17) is 5.11 Å². The molecule has 0 unspecified atom stereocenters. The third-order valence-electron chi connectivity index (χ3n) is 2.04. The Balaban J connectivity index is 2.39. The Morgan fingerprint density at radius 3 is 2.47 bits per heavy atom. The molecule has 0 aliphatic carbocycles. The highest BCUT2D eigenvalue weighted by Gasteiger charge is 2.08. The molecule has 0 aromatic carbocycles. The van der Waals surface area contributed by atoms with Crippen molar-refractivity contribution < 1.29 is 5.11 Å². The van der Waals surface area contributed by atoms with Crippen LogP contribution in [0.15, 0.2) is 17.6 Å². The number of thioether (sulfide) groups is 1. The normalized spacial score (nSPS) is 11.8. The third-order valence-corrected chi connectivity index (χ3v) is 3.00. The van der Waals surface area contributed by atoms with Crippen LogP contribution < -0.4 is 5.32 Å². The van der Waals surface area contributed by atoms with Gasteiger partial charge in [0.25, 0.3) is 0 Å². The molecule has 0 fully saturated rings. The van der Waals surface area contributed by atoms with Gasteiger partial charge in [-0.25, -0.2) is 9.97 Å². The van der Waals surface area contributed by atoms with Gasteiger partial charge >= 0.3 is 0 Å². The zero-order chi connectivity index (χ0) is 12.7. The van der Waals surface area contributed by atoms with E-state index >= 15 is 0 Å². The molecule has 5 heteroatoms. The zero-order valence-electron chi connectivity index (χ0n) is 10.7. The minimum atomic E-state index is 0.106. The van der Waals surface area contributed by atoms with Crippen molar-refractivity contribution in [1.29, 1.82) is 0 Å². The first-order valence-corrected chi connectivity index (χ1v) is 6.79. The highest BCUT2D eigenvalue weighted by Crippen LogP contribution is 2.13. The Morgan fingerprint density at radius 1 is 1.29 bits per heavy atom. The molecule has 1 aromatic rings. The van der Waals surface area contributed by atoms with Crippen molar-refractivity contribution in [2.75, 3.05) is 12.4 Å². The van der Waals surface area contributed by atoms with Gasteiger partial charge in [0.15, 0.2) is 5.16 Å². The fourth-order valence-electron chi connectivity index (χ4n) is 1.10. The van der Waals surface area contributed by atoms with E-state index in [0.29, 0.717) is 0 Å². The number of rotatable bonds is 6. The fraction of sp³-hybridized carbons (Fsp3) is 0.667. The first-order chi connectivity index (χ1) is 8.01. The minimum Gasteiger partial charge on any atom is -0.396 e. The molecule has 0 aliphatic heterocycles. The lowest BCUT2D eigenvalue weighted by Gasteiger charge is -2.20. The summed E-state index contributed by atoms with van der Waals surface area (Å²) >= 11 is 1.57. The molecule has 4 nitrogen and oxygen atoms in total. The van der Waals surface area contributed by atoms with Crippen LogP contribution in [0.1, 0.15) is 32.8 Å². The van der Waals surface area contributed by atoms with Crippen molar-refractivity contribution >= 4 is 11.8 Å². The van der Waals surface area contributed by atoms with E-state index in [2.05, 4.69) is 36.1 Å². The molecule has 1 heterocycles. The van der Waals surface area contributed by atoms with Gasteiger partial charge in [0.2, 0.25) is 0 Å². The molecule has 1 aromatic heterocycles. The highest BCUT2D eigenvalue weighted by atomic mass is 32.2. The Morgan fingerprint density at radius 2 is 1.94 bits per heavy atom. The predicted octanol–water partition coefficient (Wildman–Crippen LogP) is 1.84. The molecule has 0 saturated heterocycles. The lowest BCUT2D eigenvalue weighted by Crippen LogP contribution is -2.35. The summed E-state index contributed by atoms with van der Waals surface area (Å²) in [5.41, 5.74) is 1.19. The van der Waals surface area contributed by atoms with Crippen molar-refractivity contribution in [2.24, 2.45) is 0 Å². The molecular formula is C12H21N3OS. The molecule has 0 aliphatic rings. The average molecular weight is 255 g/mol. The van der Waals surface area contributed by atoms with Gasteiger partial charge < -0.3 is 10.4 Å². The van der Waals surface area contributed by atoms with E-state index in [0.717, 1.165) is 29.4 Å². The highest BCUT2D eigenvalue weighted by molar-refractivity contribution is 7.99. The molecule has 17 heavy (non-hydrogen) atoms. The third kappa shape index (κ3) is 6.61. The van der Waals surface area contributed by atoms with Crippen molar-refractivity contribution in [2.45, 2.75) is 44.4 Å². The topological polar surface area (TPSA) is 58.0 Å². The van der Waals surface area contributed by atoms with E-state index < -0.39 is 0 Å². The molecule has 96 valence electrons. The number of hydrogen-bond donors (Lipinski definition) is 2. The van der Waals surface area contributed by atoms with Gasteiger partial charge in [-0.05, 0) is 27.2 Å². The standard InChI is InChI=1S/C12H21N3OS/c1-12(2,3)15-9-10-7-13-11(14-8-10)17-6-4-5-16/h7-8,15-16H,4-6,9H2,1-3H3. The van der Waals surface area contributed by atoms with E-state index in [9.17, 15) is 0 Å². The smallest absolute Gasteiger partial charge is 0.187 e. The second-order valence-electron chi connectivity index (χ2n) is 4.90. The first kappa shape index (κ1) is 14.4. The molecular weight excluding hydrogens is 234 g/mol. The molecule has 0 spiro atoms. The van der Waals surface area contributed by atoms with Gasteiger partial charge in [0.1, 0.15) is 0 Å². The first-order valence-electron chi connectivity index (χ1n) is 5.81. The summed E-state index contributed by atoms with van der Waals surface area (Å²) in [6.07, 6.45) is 4.49. The fourth-order valence-corrected chi connectivity index (χ4v) is 1.81. The van der Waals surface area contributed by atoms with Crippen LogP contribution in [-0.4, -0.2) is 33.0 Å². The van der Waals surface area contributed by atoms with Crippen LogP contribution in [0.25, 0.3) is 0 Å². The van der Waals surface area contributed by atoms with Crippen molar-refractivity contribution in [3.8, 4) is 0 Å². The van der Waals surface area contributed by atoms with Crippen molar-refractivity contribution in [1.82, 2.24) is 15.3 Å². The molecule has 1 rings (SSSR count). The van der Waals surface area contributed by atoms with Crippen LogP contribution in [0, 0.1) is 0 Å². The lowest BCUT2D eigenvalue weighted by molar-refractivity contribution is 0.296. The van der Waals surface area contributed by atoms with Gasteiger partial charge in [-0.1, -0.05) is 11.8 Å². The Bertz CT molecular complexity index is 322. The summed E-state index contributed by atoms with van der Waals surface area (Å²) in [5, 5.41) is 12.8. The quantitative estimate of drug-likeness (QED) is 0.461. The van der Waals surface area contributed by atoms with Crippen LogP contribution in [0.2, 0.25) is 0 Å². The van der Waals surface area contributed by atoms with Crippen LogP contribution >= 0.6 is 11.8 Å². The van der Waals surface area contributed by atoms with Crippen LogP contribution in [-0.2, 0) is 6.54 Å². The summed E-state index contributed by atoms with van der Waals surface area (Å²) in [4.78, 5) is 8.56. The second-order valence-corrected chi connectivity index (χ2v) is 5.97. The minimum absolute atomic E-state index is 0.106. The van der Waals surface area contributed by atoms with E-state index in [1.165, 1.54) is 0 Å². The van der Waals surface area contributed by atoms with Crippen molar-refractivity contribution in [3.63, 3.8) is 0 Å². The van der Waals surface area contributed by atoms with Gasteiger partial charge in [0, 0.05) is 42.4 Å². The molecule has 0 amide bonds. The van der Waals surface area contributed by atoms with E-state index in [1.807, 2.05) is 12.4 Å². The van der Waals surface area contributed by atoms with Gasteiger partial charge in [0.05, 0.1) is 0 Å². The number of nitrogens with zero attached hydrogens (tertiary/aromatic N) is 2. The van der Waals surface area contributed by atoms with Gasteiger partial charge in [-0.15, -0.1) is 0 Å². The van der Waals surface area contributed by atoms with E-state index in [1.54, 1.807) is 11.8 Å². The summed E-state index contributed by atoms with van der Waals surface area (Å²) < 4.78 is 0. The number of aliphatic hydroxyl groups is 1. The average Bonchev–Trinajstić information content (AvgIpc) is 2.27. The second kappa shape index (κ2) is 6.93. The van der Waals surface area contributed by atoms with Gasteiger partial charge in [-0.2, -0.15) is 0 Å². The molecule has 0 bridgehead atoms. The Kier molecular flexibility index (Phi) is 5.88. The van der Waals surface area contributed by atoms with Gasteiger partial charge in [-0.3, -0.25) is 0 Å². The van der Waals surface area contributed by atoms with Crippen LogP contribution in [0.4, 0.5) is 0 Å². The van der Waals surface area contributed by atoms with Crippen LogP contribution in [0.5, 0.6) is 0 Å². The monoisotopic (exact) mass is 255 g/mol. The summed E-state index contributed by atoms with van der Waals surface area (Å²) in [7, 11) is 0.